The number of nitrogens with zero attached hydrogens (tertiary/aromatic N) is 1. The quantitative estimate of drug-likeness (QED) is 0.233. The van der Waals surface area contributed by atoms with Crippen molar-refractivity contribution in [3.8, 4) is 22.5 Å². The maximum absolute atomic E-state index is 13.6. The normalized spacial score (nSPS) is 12.7. The maximum Gasteiger partial charge on any atom is 0.408 e. The molecule has 1 atom stereocenters. The van der Waals surface area contributed by atoms with Crippen LogP contribution in [0.15, 0.2) is 65.1 Å². The summed E-state index contributed by atoms with van der Waals surface area (Å²) < 4.78 is 98.7. The van der Waals surface area contributed by atoms with Crippen molar-refractivity contribution in [1.82, 2.24) is 10.6 Å². The number of alkyl halides is 4. The van der Waals surface area contributed by atoms with Crippen molar-refractivity contribution in [2.24, 2.45) is 0 Å². The van der Waals surface area contributed by atoms with Gasteiger partial charge in [0.2, 0.25) is 10.0 Å². The predicted molar refractivity (Wildman–Crippen MR) is 152 cm³/mol. The number of sulfonamides is 1. The van der Waals surface area contributed by atoms with Gasteiger partial charge in [0.1, 0.15) is 29.9 Å². The molecule has 2 amide bonds. The number of amides is 2. The lowest BCUT2D eigenvalue weighted by Gasteiger charge is -2.24. The molecule has 43 heavy (non-hydrogen) atoms. The first-order valence-corrected chi connectivity index (χ1v) is 14.6. The van der Waals surface area contributed by atoms with Crippen molar-refractivity contribution in [2.75, 3.05) is 30.8 Å². The summed E-state index contributed by atoms with van der Waals surface area (Å²) in [6.07, 6.45) is -3.82. The molecule has 0 radical (unpaired) electrons. The number of hydrogen-bond donors (Lipinski definition) is 2. The predicted octanol–water partition coefficient (Wildman–Crippen LogP) is 5.68. The number of carbonyl (C=O) groups is 2. The molecule has 0 bridgehead atoms. The van der Waals surface area contributed by atoms with Crippen LogP contribution in [0.25, 0.3) is 33.4 Å². The smallest absolute Gasteiger partial charge is 0.408 e. The standard InChI is InChI=1S/C29H26F5N3O5S/c1-16(29(32,33)34)36-27(38)19-6-4-5-18(13-19)21-14-22-24(15-23(21)37(12-11-30)43(3,40)41)42-26(25(22)28(39)35-2)17-7-9-20(31)10-8-17/h4-10,13-16H,11-12H2,1-3H3,(H,35,39)(H,36,38)/t16-/m1/s1. The second-order valence-electron chi connectivity index (χ2n) is 9.60. The third-order valence-corrected chi connectivity index (χ3v) is 7.78. The van der Waals surface area contributed by atoms with Gasteiger partial charge in [-0.3, -0.25) is 13.9 Å². The highest BCUT2D eigenvalue weighted by atomic mass is 32.2. The van der Waals surface area contributed by atoms with Gasteiger partial charge in [0, 0.05) is 35.2 Å². The van der Waals surface area contributed by atoms with Crippen LogP contribution >= 0.6 is 0 Å². The fraction of sp³-hybridized carbons (Fsp3) is 0.241. The number of fused-ring (bicyclic) bond motifs is 1. The lowest BCUT2D eigenvalue weighted by Crippen LogP contribution is -2.43. The first kappa shape index (κ1) is 31.5. The molecule has 0 fully saturated rings. The van der Waals surface area contributed by atoms with Crippen molar-refractivity contribution in [3.63, 3.8) is 0 Å². The lowest BCUT2D eigenvalue weighted by atomic mass is 9.97. The van der Waals surface area contributed by atoms with Gasteiger partial charge in [-0.15, -0.1) is 0 Å². The summed E-state index contributed by atoms with van der Waals surface area (Å²) in [5.41, 5.74) is 0.461. The number of anilines is 1. The van der Waals surface area contributed by atoms with Gasteiger partial charge in [-0.25, -0.2) is 17.2 Å². The van der Waals surface area contributed by atoms with Crippen LogP contribution in [0.4, 0.5) is 27.6 Å². The number of rotatable bonds is 9. The van der Waals surface area contributed by atoms with Crippen LogP contribution in [0.3, 0.4) is 0 Å². The SMILES string of the molecule is CNC(=O)c1c(-c2ccc(F)cc2)oc2cc(N(CCF)S(C)(=O)=O)c(-c3cccc(C(=O)N[C@H](C)C(F)(F)F)c3)cc12. The van der Waals surface area contributed by atoms with Crippen LogP contribution in [0, 0.1) is 5.82 Å². The molecule has 1 aromatic heterocycles. The lowest BCUT2D eigenvalue weighted by molar-refractivity contribution is -0.149. The molecule has 4 aromatic rings. The Balaban J connectivity index is 2.00. The zero-order valence-electron chi connectivity index (χ0n) is 23.1. The molecule has 0 saturated carbocycles. The van der Waals surface area contributed by atoms with E-state index >= 15 is 0 Å². The van der Waals surface area contributed by atoms with Gasteiger partial charge in [-0.1, -0.05) is 12.1 Å². The second-order valence-corrected chi connectivity index (χ2v) is 11.5. The summed E-state index contributed by atoms with van der Waals surface area (Å²) in [6, 6.07) is 11.0. The van der Waals surface area contributed by atoms with E-state index in [1.165, 1.54) is 55.6 Å². The van der Waals surface area contributed by atoms with Crippen molar-refractivity contribution >= 4 is 38.5 Å². The summed E-state index contributed by atoms with van der Waals surface area (Å²) in [5, 5.41) is 4.57. The topological polar surface area (TPSA) is 109 Å². The molecule has 0 aliphatic heterocycles. The fourth-order valence-corrected chi connectivity index (χ4v) is 5.37. The van der Waals surface area contributed by atoms with Crippen LogP contribution in [-0.2, 0) is 10.0 Å². The van der Waals surface area contributed by atoms with Gasteiger partial charge >= 0.3 is 6.18 Å². The third-order valence-electron chi connectivity index (χ3n) is 6.60. The molecule has 4 rings (SSSR count). The Morgan fingerprint density at radius 2 is 1.67 bits per heavy atom. The van der Waals surface area contributed by atoms with Crippen LogP contribution in [0.5, 0.6) is 0 Å². The van der Waals surface area contributed by atoms with Crippen LogP contribution in [0.1, 0.15) is 27.6 Å². The van der Waals surface area contributed by atoms with E-state index in [0.29, 0.717) is 5.56 Å². The molecule has 8 nitrogen and oxygen atoms in total. The average molecular weight is 624 g/mol. The van der Waals surface area contributed by atoms with Crippen LogP contribution in [-0.4, -0.2) is 59.0 Å². The summed E-state index contributed by atoms with van der Waals surface area (Å²) in [4.78, 5) is 25.7. The molecular weight excluding hydrogens is 597 g/mol. The van der Waals surface area contributed by atoms with Crippen molar-refractivity contribution in [2.45, 2.75) is 19.1 Å². The van der Waals surface area contributed by atoms with Gasteiger partial charge in [0.05, 0.1) is 24.1 Å². The Labute approximate surface area is 243 Å². The average Bonchev–Trinajstić information content (AvgIpc) is 3.32. The van der Waals surface area contributed by atoms with Crippen LogP contribution in [0.2, 0.25) is 0 Å². The molecular formula is C29H26F5N3O5S. The highest BCUT2D eigenvalue weighted by Gasteiger charge is 2.37. The Hall–Kier alpha value is -4.46. The molecule has 0 saturated heterocycles. The number of benzene rings is 3. The van der Waals surface area contributed by atoms with E-state index in [1.807, 2.05) is 5.32 Å². The molecule has 0 spiro atoms. The highest BCUT2D eigenvalue weighted by Crippen LogP contribution is 2.42. The monoisotopic (exact) mass is 623 g/mol. The van der Waals surface area contributed by atoms with Gasteiger partial charge in [0.15, 0.2) is 0 Å². The zero-order valence-corrected chi connectivity index (χ0v) is 23.9. The van der Waals surface area contributed by atoms with Gasteiger partial charge in [-0.2, -0.15) is 13.2 Å². The van der Waals surface area contributed by atoms with Crippen molar-refractivity contribution in [3.05, 3.63) is 77.6 Å². The zero-order chi connectivity index (χ0) is 31.7. The molecule has 228 valence electrons. The summed E-state index contributed by atoms with van der Waals surface area (Å²) in [6.45, 7) is -0.869. The second kappa shape index (κ2) is 12.0. The molecule has 0 aliphatic rings. The summed E-state index contributed by atoms with van der Waals surface area (Å²) in [7, 11) is -2.72. The minimum absolute atomic E-state index is 0.0289. The largest absolute Gasteiger partial charge is 0.455 e. The van der Waals surface area contributed by atoms with E-state index in [2.05, 4.69) is 5.32 Å². The van der Waals surface area contributed by atoms with E-state index < -0.39 is 53.1 Å². The molecule has 0 unspecified atom stereocenters. The van der Waals surface area contributed by atoms with Gasteiger partial charge in [0.25, 0.3) is 11.8 Å². The van der Waals surface area contributed by atoms with E-state index in [0.717, 1.165) is 29.6 Å². The molecule has 14 heteroatoms. The van der Waals surface area contributed by atoms with E-state index in [1.54, 1.807) is 0 Å². The van der Waals surface area contributed by atoms with Crippen molar-refractivity contribution in [1.29, 1.82) is 0 Å². The number of carbonyl (C=O) groups excluding carboxylic acids is 2. The number of hydrogen-bond acceptors (Lipinski definition) is 5. The molecule has 1 heterocycles. The number of furan rings is 1. The minimum atomic E-state index is -4.69. The molecule has 2 N–H and O–H groups in total. The van der Waals surface area contributed by atoms with E-state index in [4.69, 9.17) is 4.42 Å². The maximum atomic E-state index is 13.6. The minimum Gasteiger partial charge on any atom is -0.455 e. The number of halogens is 5. The Morgan fingerprint density at radius 3 is 2.26 bits per heavy atom. The Morgan fingerprint density at radius 1 is 1.00 bits per heavy atom. The van der Waals surface area contributed by atoms with E-state index in [-0.39, 0.29) is 44.7 Å². The first-order chi connectivity index (χ1) is 20.1. The third kappa shape index (κ3) is 6.63. The summed E-state index contributed by atoms with van der Waals surface area (Å²) >= 11 is 0. The Kier molecular flexibility index (Phi) is 8.81. The molecule has 3 aromatic carbocycles. The van der Waals surface area contributed by atoms with Crippen LogP contribution < -0.4 is 14.9 Å². The molecule has 0 aliphatic carbocycles. The van der Waals surface area contributed by atoms with Crippen molar-refractivity contribution < 1.29 is 44.4 Å². The first-order valence-electron chi connectivity index (χ1n) is 12.8. The van der Waals surface area contributed by atoms with Gasteiger partial charge in [-0.05, 0) is 55.0 Å². The summed E-state index contributed by atoms with van der Waals surface area (Å²) in [5.74, 6) is -2.11. The number of nitrogens with one attached hydrogen (secondary N) is 2. The Bertz CT molecular complexity index is 1790. The fourth-order valence-electron chi connectivity index (χ4n) is 4.46. The highest BCUT2D eigenvalue weighted by molar-refractivity contribution is 7.92. The van der Waals surface area contributed by atoms with Gasteiger partial charge < -0.3 is 15.1 Å². The van der Waals surface area contributed by atoms with E-state index in [9.17, 15) is 40.0 Å².